The molecule has 2 aromatic carbocycles. The summed E-state index contributed by atoms with van der Waals surface area (Å²) < 4.78 is 94.0. The Morgan fingerprint density at radius 2 is 1.27 bits per heavy atom. The molecule has 0 unspecified atom stereocenters. The largest absolute Gasteiger partial charge is 0.493 e. The zero-order chi connectivity index (χ0) is 27.3. The third-order valence-corrected chi connectivity index (χ3v) is 5.09. The van der Waals surface area contributed by atoms with E-state index < -0.39 is 23.8 Å². The van der Waals surface area contributed by atoms with Crippen molar-refractivity contribution in [2.75, 3.05) is 26.0 Å². The van der Waals surface area contributed by atoms with Gasteiger partial charge in [0.15, 0.2) is 5.71 Å². The maximum atomic E-state index is 13.3. The second-order valence-corrected chi connectivity index (χ2v) is 7.92. The predicted molar refractivity (Wildman–Crippen MR) is 126 cm³/mol. The van der Waals surface area contributed by atoms with Gasteiger partial charge in [-0.3, -0.25) is 4.99 Å². The molecule has 0 N–H and O–H groups in total. The van der Waals surface area contributed by atoms with Crippen molar-refractivity contribution in [3.63, 3.8) is 0 Å². The van der Waals surface area contributed by atoms with E-state index >= 15 is 0 Å². The molecule has 0 atom stereocenters. The molecule has 0 bridgehead atoms. The average molecular weight is 555 g/mol. The van der Waals surface area contributed by atoms with E-state index in [4.69, 9.17) is 9.47 Å². The first-order chi connectivity index (χ1) is 17.6. The summed E-state index contributed by atoms with van der Waals surface area (Å²) in [6.45, 7) is 2.26. The van der Waals surface area contributed by atoms with E-state index in [1.807, 2.05) is 6.92 Å². The van der Waals surface area contributed by atoms with Crippen LogP contribution in [-0.2, 0) is 14.4 Å². The van der Waals surface area contributed by atoms with E-state index in [1.54, 1.807) is 0 Å². The number of hydrogen-bond donors (Lipinski definition) is 0. The molecule has 0 aliphatic carbocycles. The van der Waals surface area contributed by atoms with E-state index in [2.05, 4.69) is 24.5 Å². The molecule has 37 heavy (non-hydrogen) atoms. The maximum Gasteiger partial charge on any atom is 0.437 e. The van der Waals surface area contributed by atoms with Gasteiger partial charge in [-0.15, -0.1) is 4.33 Å². The lowest BCUT2D eigenvalue weighted by Crippen LogP contribution is -2.24. The first-order valence-electron chi connectivity index (χ1n) is 10.8. The van der Waals surface area contributed by atoms with Crippen molar-refractivity contribution in [1.29, 1.82) is 0 Å². The highest BCUT2D eigenvalue weighted by molar-refractivity contribution is 7.94. The topological polar surface area (TPSA) is 70.9 Å². The maximum absolute atomic E-state index is 13.3. The molecule has 2 rings (SSSR count). The van der Waals surface area contributed by atoms with Crippen LogP contribution < -0.4 is 9.47 Å². The van der Waals surface area contributed by atoms with E-state index in [9.17, 15) is 26.3 Å². The Labute approximate surface area is 213 Å². The van der Waals surface area contributed by atoms with Gasteiger partial charge in [-0.2, -0.15) is 31.3 Å². The summed E-state index contributed by atoms with van der Waals surface area (Å²) in [6.07, 6.45) is -8.19. The van der Waals surface area contributed by atoms with Crippen LogP contribution in [0.5, 0.6) is 11.5 Å². The number of benzene rings is 2. The van der Waals surface area contributed by atoms with Crippen molar-refractivity contribution in [2.45, 2.75) is 32.1 Å². The van der Waals surface area contributed by atoms with Crippen LogP contribution in [0.3, 0.4) is 0 Å². The molecule has 0 heterocycles. The van der Waals surface area contributed by atoms with Gasteiger partial charge < -0.3 is 9.47 Å². The minimum Gasteiger partial charge on any atom is -0.493 e. The van der Waals surface area contributed by atoms with Gasteiger partial charge in [-0.1, -0.05) is 6.92 Å². The molecule has 0 aliphatic rings. The lowest BCUT2D eigenvalue weighted by molar-refractivity contribution is -0.462. The number of nitrogens with zero attached hydrogens (tertiary/aromatic N) is 2. The second-order valence-electron chi connectivity index (χ2n) is 7.14. The molecule has 0 aromatic heterocycles. The highest BCUT2D eigenvalue weighted by Gasteiger charge is 2.38. The van der Waals surface area contributed by atoms with Gasteiger partial charge >= 0.3 is 12.4 Å². The normalized spacial score (nSPS) is 13.0. The molecule has 0 fully saturated rings. The van der Waals surface area contributed by atoms with Crippen LogP contribution >= 0.6 is 12.0 Å². The molecule has 7 nitrogen and oxygen atoms in total. The molecule has 204 valence electrons. The van der Waals surface area contributed by atoms with Gasteiger partial charge in [0.25, 0.3) is 0 Å². The Morgan fingerprint density at radius 1 is 0.784 bits per heavy atom. The standard InChI is InChI=1S/C23H24F6N2O5S/c1-3-15-37-36-35-34-31-21(23(27,28)29)17-7-11-19(12-8-17)33-14-4-13-32-18-9-5-16(6-10-18)20(30-2)22(24,25)26/h5-12H,3-4,13-15H2,1-2H3/b30-20-,31-21-. The van der Waals surface area contributed by atoms with E-state index in [0.29, 0.717) is 23.7 Å². The van der Waals surface area contributed by atoms with Gasteiger partial charge in [-0.25, -0.2) is 0 Å². The van der Waals surface area contributed by atoms with Gasteiger partial charge in [0, 0.05) is 47.4 Å². The summed E-state index contributed by atoms with van der Waals surface area (Å²) in [6, 6.07) is 10.3. The number of aliphatic imine (C=N–C) groups is 1. The number of hydrogen-bond acceptors (Lipinski definition) is 8. The summed E-state index contributed by atoms with van der Waals surface area (Å²) in [5, 5.41) is 7.09. The first kappa shape index (κ1) is 30.3. The molecule has 2 aromatic rings. The van der Waals surface area contributed by atoms with E-state index in [-0.39, 0.29) is 24.3 Å². The SMILES string of the molecule is CCCSOOO/N=C(/c1ccc(OCCCOc2ccc(/C(=N/C)C(F)(F)F)cc2)cc1)C(F)(F)F. The van der Waals surface area contributed by atoms with E-state index in [0.717, 1.165) is 37.6 Å². The fourth-order valence-electron chi connectivity index (χ4n) is 2.75. The van der Waals surface area contributed by atoms with Crippen LogP contribution in [0, 0.1) is 0 Å². The van der Waals surface area contributed by atoms with Crippen LogP contribution in [0.15, 0.2) is 58.7 Å². The lowest BCUT2D eigenvalue weighted by Gasteiger charge is -2.12. The smallest absolute Gasteiger partial charge is 0.437 e. The van der Waals surface area contributed by atoms with Gasteiger partial charge in [0.05, 0.1) is 13.2 Å². The quantitative estimate of drug-likeness (QED) is 0.0645. The fourth-order valence-corrected chi connectivity index (χ4v) is 3.05. The van der Waals surface area contributed by atoms with Crippen LogP contribution in [0.2, 0.25) is 0 Å². The summed E-state index contributed by atoms with van der Waals surface area (Å²) in [7, 11) is 1.07. The number of ether oxygens (including phenoxy) is 2. The van der Waals surface area contributed by atoms with Crippen molar-refractivity contribution < 1.29 is 50.2 Å². The monoisotopic (exact) mass is 554 g/mol. The Hall–Kier alpha value is -2.97. The molecule has 0 aliphatic heterocycles. The summed E-state index contributed by atoms with van der Waals surface area (Å²) in [5.74, 6) is 1.23. The number of oxime groups is 1. The molecule has 0 amide bonds. The third-order valence-electron chi connectivity index (χ3n) is 4.36. The Morgan fingerprint density at radius 3 is 1.70 bits per heavy atom. The molecule has 0 spiro atoms. The second kappa shape index (κ2) is 14.7. The van der Waals surface area contributed by atoms with Gasteiger partial charge in [-0.05, 0) is 60.1 Å². The van der Waals surface area contributed by atoms with Crippen LogP contribution in [0.1, 0.15) is 30.9 Å². The Kier molecular flexibility index (Phi) is 12.0. The zero-order valence-electron chi connectivity index (χ0n) is 19.8. The van der Waals surface area contributed by atoms with Crippen molar-refractivity contribution in [3.8, 4) is 11.5 Å². The summed E-state index contributed by atoms with van der Waals surface area (Å²) >= 11 is 0.858. The van der Waals surface area contributed by atoms with Gasteiger partial charge in [0.1, 0.15) is 17.2 Å². The highest BCUT2D eigenvalue weighted by Crippen LogP contribution is 2.25. The molecular formula is C23H24F6N2O5S. The molecule has 0 saturated carbocycles. The van der Waals surface area contributed by atoms with Crippen LogP contribution in [0.4, 0.5) is 26.3 Å². The molecule has 0 saturated heterocycles. The molecule has 14 heteroatoms. The molecule has 0 radical (unpaired) electrons. The van der Waals surface area contributed by atoms with Crippen molar-refractivity contribution >= 4 is 23.5 Å². The minimum atomic E-state index is -4.81. The van der Waals surface area contributed by atoms with Crippen LogP contribution in [0.25, 0.3) is 0 Å². The van der Waals surface area contributed by atoms with Crippen molar-refractivity contribution in [2.24, 2.45) is 10.1 Å². The molecular weight excluding hydrogens is 530 g/mol. The number of rotatable bonds is 14. The average Bonchev–Trinajstić information content (AvgIpc) is 2.84. The van der Waals surface area contributed by atoms with E-state index in [1.165, 1.54) is 36.4 Å². The van der Waals surface area contributed by atoms with Crippen molar-refractivity contribution in [3.05, 3.63) is 59.7 Å². The Balaban J connectivity index is 1.81. The third kappa shape index (κ3) is 10.5. The number of halogens is 6. The minimum absolute atomic E-state index is 0.0775. The fraction of sp³-hybridized carbons (Fsp3) is 0.391. The number of alkyl halides is 6. The predicted octanol–water partition coefficient (Wildman–Crippen LogP) is 6.72. The van der Waals surface area contributed by atoms with Gasteiger partial charge in [0.2, 0.25) is 0 Å². The highest BCUT2D eigenvalue weighted by atomic mass is 32.2. The zero-order valence-corrected chi connectivity index (χ0v) is 20.6. The summed E-state index contributed by atoms with van der Waals surface area (Å²) in [4.78, 5) is 7.43. The lowest BCUT2D eigenvalue weighted by atomic mass is 10.1. The first-order valence-corrected chi connectivity index (χ1v) is 11.7. The summed E-state index contributed by atoms with van der Waals surface area (Å²) in [5.41, 5.74) is -2.66. The van der Waals surface area contributed by atoms with Crippen molar-refractivity contribution in [1.82, 2.24) is 0 Å². The Bertz CT molecular complexity index is 1010. The van der Waals surface area contributed by atoms with Crippen LogP contribution in [-0.4, -0.2) is 49.8 Å².